The first-order chi connectivity index (χ1) is 15.2. The van der Waals surface area contributed by atoms with Gasteiger partial charge in [-0.15, -0.1) is 0 Å². The van der Waals surface area contributed by atoms with Crippen LogP contribution in [0.5, 0.6) is 5.75 Å². The maximum Gasteiger partial charge on any atom is 0.340 e. The molecule has 1 aromatic heterocycles. The molecule has 1 fully saturated rings. The molecule has 0 atom stereocenters. The molecule has 2 N–H and O–H groups in total. The van der Waals surface area contributed by atoms with E-state index < -0.39 is 17.0 Å². The molecule has 4 rings (SSSR count). The topological polar surface area (TPSA) is 108 Å². The Labute approximate surface area is 188 Å². The van der Waals surface area contributed by atoms with Crippen LogP contribution in [0.15, 0.2) is 51.7 Å². The van der Waals surface area contributed by atoms with Gasteiger partial charge in [0.1, 0.15) is 11.3 Å². The highest BCUT2D eigenvalue weighted by molar-refractivity contribution is 6.32. The van der Waals surface area contributed by atoms with Crippen molar-refractivity contribution in [1.29, 1.82) is 0 Å². The number of aliphatic carboxylic acids is 1. The summed E-state index contributed by atoms with van der Waals surface area (Å²) in [5.74, 6) is -1.36. The third-order valence-corrected chi connectivity index (χ3v) is 6.69. The van der Waals surface area contributed by atoms with E-state index in [4.69, 9.17) is 16.0 Å². The van der Waals surface area contributed by atoms with E-state index in [1.54, 1.807) is 24.0 Å². The summed E-state index contributed by atoms with van der Waals surface area (Å²) in [6.45, 7) is 2.26. The van der Waals surface area contributed by atoms with E-state index in [2.05, 4.69) is 0 Å². The van der Waals surface area contributed by atoms with Crippen molar-refractivity contribution in [3.8, 4) is 5.75 Å². The molecule has 0 radical (unpaired) electrons. The van der Waals surface area contributed by atoms with Crippen molar-refractivity contribution in [1.82, 2.24) is 4.90 Å². The first kappa shape index (κ1) is 21.9. The van der Waals surface area contributed by atoms with Crippen molar-refractivity contribution in [2.24, 2.45) is 0 Å². The molecular weight excluding hydrogens is 434 g/mol. The van der Waals surface area contributed by atoms with Gasteiger partial charge < -0.3 is 19.5 Å². The van der Waals surface area contributed by atoms with Crippen molar-refractivity contribution in [3.05, 3.63) is 74.6 Å². The van der Waals surface area contributed by atoms with E-state index in [0.717, 1.165) is 5.56 Å². The highest BCUT2D eigenvalue weighted by atomic mass is 35.5. The molecule has 8 heteroatoms. The second-order valence-corrected chi connectivity index (χ2v) is 8.51. The number of rotatable bonds is 4. The normalized spacial score (nSPS) is 15.6. The number of phenols is 1. The Morgan fingerprint density at radius 2 is 1.81 bits per heavy atom. The standard InChI is InChI=1S/C24H22ClNO6/c1-14-16-11-18(25)19(27)13-20(16)32-22(29)17(14)12-21(28)26-9-7-24(8-10-26,23(30)31)15-5-3-2-4-6-15/h2-6,11,13,27H,7-10,12H2,1H3,(H,30,31). The lowest BCUT2D eigenvalue weighted by Crippen LogP contribution is -2.49. The molecule has 2 heterocycles. The van der Waals surface area contributed by atoms with Crippen LogP contribution in [0.3, 0.4) is 0 Å². The van der Waals surface area contributed by atoms with Gasteiger partial charge in [-0.05, 0) is 37.0 Å². The van der Waals surface area contributed by atoms with Gasteiger partial charge in [-0.2, -0.15) is 0 Å². The number of aryl methyl sites for hydroxylation is 1. The molecule has 3 aromatic rings. The third kappa shape index (κ3) is 3.73. The molecule has 0 spiro atoms. The van der Waals surface area contributed by atoms with E-state index in [9.17, 15) is 24.6 Å². The van der Waals surface area contributed by atoms with Crippen LogP contribution in [0.1, 0.15) is 29.5 Å². The van der Waals surface area contributed by atoms with Crippen LogP contribution in [0.2, 0.25) is 5.02 Å². The van der Waals surface area contributed by atoms with Gasteiger partial charge in [-0.25, -0.2) is 4.79 Å². The van der Waals surface area contributed by atoms with Crippen LogP contribution >= 0.6 is 11.6 Å². The number of fused-ring (bicyclic) bond motifs is 1. The number of carboxylic acids is 1. The molecule has 1 saturated heterocycles. The van der Waals surface area contributed by atoms with Crippen molar-refractivity contribution in [3.63, 3.8) is 0 Å². The van der Waals surface area contributed by atoms with Gasteiger partial charge in [0.25, 0.3) is 0 Å². The van der Waals surface area contributed by atoms with E-state index in [-0.39, 0.29) is 60.2 Å². The first-order valence-electron chi connectivity index (χ1n) is 10.2. The van der Waals surface area contributed by atoms with Crippen molar-refractivity contribution < 1.29 is 24.2 Å². The summed E-state index contributed by atoms with van der Waals surface area (Å²) in [5.41, 5.74) is 0.0269. The average molecular weight is 456 g/mol. The van der Waals surface area contributed by atoms with Gasteiger partial charge in [-0.1, -0.05) is 41.9 Å². The summed E-state index contributed by atoms with van der Waals surface area (Å²) >= 11 is 5.99. The predicted molar refractivity (Wildman–Crippen MR) is 119 cm³/mol. The highest BCUT2D eigenvalue weighted by Gasteiger charge is 2.43. The van der Waals surface area contributed by atoms with E-state index in [0.29, 0.717) is 10.9 Å². The number of likely N-dealkylation sites (tertiary alicyclic amines) is 1. The smallest absolute Gasteiger partial charge is 0.340 e. The van der Waals surface area contributed by atoms with Gasteiger partial charge in [0.2, 0.25) is 5.91 Å². The molecule has 0 unspecified atom stereocenters. The van der Waals surface area contributed by atoms with E-state index in [1.165, 1.54) is 12.1 Å². The summed E-state index contributed by atoms with van der Waals surface area (Å²) in [4.78, 5) is 39.2. The lowest BCUT2D eigenvalue weighted by Gasteiger charge is -2.39. The molecule has 1 amide bonds. The quantitative estimate of drug-likeness (QED) is 0.581. The lowest BCUT2D eigenvalue weighted by atomic mass is 9.73. The fourth-order valence-electron chi connectivity index (χ4n) is 4.39. The highest BCUT2D eigenvalue weighted by Crippen LogP contribution is 2.36. The summed E-state index contributed by atoms with van der Waals surface area (Å²) < 4.78 is 5.30. The number of hydrogen-bond donors (Lipinski definition) is 2. The van der Waals surface area contributed by atoms with Gasteiger partial charge >= 0.3 is 11.6 Å². The zero-order chi connectivity index (χ0) is 23.0. The fourth-order valence-corrected chi connectivity index (χ4v) is 4.55. The zero-order valence-electron chi connectivity index (χ0n) is 17.4. The Hall–Kier alpha value is -3.32. The van der Waals surface area contributed by atoms with Crippen LogP contribution in [0.25, 0.3) is 11.0 Å². The van der Waals surface area contributed by atoms with Crippen LogP contribution < -0.4 is 5.63 Å². The Morgan fingerprint density at radius 3 is 2.44 bits per heavy atom. The van der Waals surface area contributed by atoms with Crippen LogP contribution in [0.4, 0.5) is 0 Å². The number of benzene rings is 2. The Kier molecular flexibility index (Phi) is 5.69. The van der Waals surface area contributed by atoms with Crippen molar-refractivity contribution >= 4 is 34.4 Å². The summed E-state index contributed by atoms with van der Waals surface area (Å²) in [5, 5.41) is 20.3. The fraction of sp³-hybridized carbons (Fsp3) is 0.292. The van der Waals surface area contributed by atoms with Gasteiger partial charge in [0, 0.05) is 24.5 Å². The number of halogens is 1. The second kappa shape index (κ2) is 8.31. The van der Waals surface area contributed by atoms with Crippen LogP contribution in [-0.4, -0.2) is 40.1 Å². The number of phenolic OH excluding ortho intramolecular Hbond substituents is 1. The molecule has 1 aliphatic heterocycles. The number of carbonyl (C=O) groups excluding carboxylic acids is 1. The predicted octanol–water partition coefficient (Wildman–Crippen LogP) is 3.65. The molecule has 166 valence electrons. The largest absolute Gasteiger partial charge is 0.506 e. The number of carbonyl (C=O) groups is 2. The summed E-state index contributed by atoms with van der Waals surface area (Å²) in [6.07, 6.45) is 0.421. The third-order valence-electron chi connectivity index (χ3n) is 6.39. The molecule has 0 bridgehead atoms. The first-order valence-corrected chi connectivity index (χ1v) is 10.6. The Morgan fingerprint density at radius 1 is 1.16 bits per heavy atom. The Balaban J connectivity index is 1.56. The molecular formula is C24H22ClNO6. The monoisotopic (exact) mass is 455 g/mol. The number of aromatic hydroxyl groups is 1. The summed E-state index contributed by atoms with van der Waals surface area (Å²) in [6, 6.07) is 11.8. The molecule has 0 saturated carbocycles. The van der Waals surface area contributed by atoms with Gasteiger partial charge in [0.05, 0.1) is 22.4 Å². The number of carboxylic acid groups (broad SMARTS) is 1. The van der Waals surface area contributed by atoms with Gasteiger partial charge in [0.15, 0.2) is 0 Å². The minimum atomic E-state index is -1.03. The van der Waals surface area contributed by atoms with Crippen LogP contribution in [0, 0.1) is 6.92 Å². The number of amides is 1. The summed E-state index contributed by atoms with van der Waals surface area (Å²) in [7, 11) is 0. The minimum absolute atomic E-state index is 0.119. The number of hydrogen-bond acceptors (Lipinski definition) is 5. The van der Waals surface area contributed by atoms with E-state index >= 15 is 0 Å². The SMILES string of the molecule is Cc1c(CC(=O)N2CCC(C(=O)O)(c3ccccc3)CC2)c(=O)oc2cc(O)c(Cl)cc12. The maximum atomic E-state index is 13.0. The molecule has 1 aliphatic rings. The van der Waals surface area contributed by atoms with Crippen molar-refractivity contribution in [2.75, 3.05) is 13.1 Å². The van der Waals surface area contributed by atoms with Crippen LogP contribution in [-0.2, 0) is 21.4 Å². The maximum absolute atomic E-state index is 13.0. The van der Waals surface area contributed by atoms with Gasteiger partial charge in [-0.3, -0.25) is 9.59 Å². The minimum Gasteiger partial charge on any atom is -0.506 e. The molecule has 2 aromatic carbocycles. The van der Waals surface area contributed by atoms with E-state index in [1.807, 2.05) is 18.2 Å². The average Bonchev–Trinajstić information content (AvgIpc) is 2.78. The number of nitrogens with zero attached hydrogens (tertiary/aromatic N) is 1. The molecule has 0 aliphatic carbocycles. The molecule has 7 nitrogen and oxygen atoms in total. The molecule has 32 heavy (non-hydrogen) atoms. The second-order valence-electron chi connectivity index (χ2n) is 8.10. The zero-order valence-corrected chi connectivity index (χ0v) is 18.2. The Bertz CT molecular complexity index is 1260. The van der Waals surface area contributed by atoms with Crippen molar-refractivity contribution in [2.45, 2.75) is 31.6 Å². The number of piperidine rings is 1. The lowest BCUT2D eigenvalue weighted by molar-refractivity contribution is -0.148.